The van der Waals surface area contributed by atoms with E-state index >= 15 is 0 Å². The van der Waals surface area contributed by atoms with Gasteiger partial charge in [-0.2, -0.15) is 0 Å². The zero-order chi connectivity index (χ0) is 23.1. The summed E-state index contributed by atoms with van der Waals surface area (Å²) in [5.74, 6) is 0.934. The monoisotopic (exact) mass is 447 g/mol. The fraction of sp³-hybridized carbons (Fsp3) is 0.250. The first kappa shape index (κ1) is 22.3. The minimum atomic E-state index is -0.280. The molecule has 0 saturated carbocycles. The Morgan fingerprint density at radius 2 is 1.03 bits per heavy atom. The molecule has 0 aliphatic carbocycles. The van der Waals surface area contributed by atoms with Crippen LogP contribution < -0.4 is 9.64 Å². The van der Waals surface area contributed by atoms with Gasteiger partial charge in [0.15, 0.2) is 0 Å². The zero-order valence-corrected chi connectivity index (χ0v) is 19.8. The van der Waals surface area contributed by atoms with E-state index in [9.17, 15) is 0 Å². The van der Waals surface area contributed by atoms with Gasteiger partial charge in [0.25, 0.3) is 0 Å². The SMILES string of the molecule is c1ccc(C(CCOc2ccc(N3CCCCC3)cc2)(c2ccccc2)c2ccccc2)cc1. The number of benzene rings is 4. The lowest BCUT2D eigenvalue weighted by Crippen LogP contribution is -2.31. The number of ether oxygens (including phenoxy) is 1. The maximum Gasteiger partial charge on any atom is 0.119 e. The highest BCUT2D eigenvalue weighted by Crippen LogP contribution is 2.42. The number of hydrogen-bond acceptors (Lipinski definition) is 2. The van der Waals surface area contributed by atoms with E-state index in [0.717, 1.165) is 25.3 Å². The number of piperidine rings is 1. The summed E-state index contributed by atoms with van der Waals surface area (Å²) in [4.78, 5) is 2.48. The molecule has 172 valence electrons. The van der Waals surface area contributed by atoms with Gasteiger partial charge in [-0.3, -0.25) is 0 Å². The molecule has 5 rings (SSSR count). The van der Waals surface area contributed by atoms with Crippen LogP contribution in [0.5, 0.6) is 5.75 Å². The Bertz CT molecular complexity index is 1040. The number of hydrogen-bond donors (Lipinski definition) is 0. The highest BCUT2D eigenvalue weighted by atomic mass is 16.5. The Morgan fingerprint density at radius 3 is 1.50 bits per heavy atom. The maximum absolute atomic E-state index is 6.35. The van der Waals surface area contributed by atoms with Crippen LogP contribution in [0.15, 0.2) is 115 Å². The number of nitrogens with zero attached hydrogens (tertiary/aromatic N) is 1. The Kier molecular flexibility index (Phi) is 6.95. The molecule has 1 heterocycles. The first-order valence-electron chi connectivity index (χ1n) is 12.5. The van der Waals surface area contributed by atoms with Crippen molar-refractivity contribution in [1.29, 1.82) is 0 Å². The average molecular weight is 448 g/mol. The molecule has 4 aromatic carbocycles. The lowest BCUT2D eigenvalue weighted by molar-refractivity contribution is 0.286. The van der Waals surface area contributed by atoms with Gasteiger partial charge in [0.2, 0.25) is 0 Å². The van der Waals surface area contributed by atoms with E-state index in [4.69, 9.17) is 4.74 Å². The van der Waals surface area contributed by atoms with Crippen LogP contribution in [0.2, 0.25) is 0 Å². The third kappa shape index (κ3) is 4.72. The first-order chi connectivity index (χ1) is 16.9. The van der Waals surface area contributed by atoms with Crippen LogP contribution in [0, 0.1) is 0 Å². The topological polar surface area (TPSA) is 12.5 Å². The molecule has 1 saturated heterocycles. The van der Waals surface area contributed by atoms with Crippen LogP contribution in [0.25, 0.3) is 0 Å². The van der Waals surface area contributed by atoms with E-state index in [1.165, 1.54) is 41.6 Å². The molecule has 0 amide bonds. The predicted molar refractivity (Wildman–Crippen MR) is 142 cm³/mol. The fourth-order valence-corrected chi connectivity index (χ4v) is 5.33. The molecule has 1 aliphatic heterocycles. The van der Waals surface area contributed by atoms with E-state index in [2.05, 4.69) is 120 Å². The summed E-state index contributed by atoms with van der Waals surface area (Å²) in [6, 6.07) is 41.2. The fourth-order valence-electron chi connectivity index (χ4n) is 5.33. The molecule has 0 radical (unpaired) electrons. The Balaban J connectivity index is 1.41. The second-order valence-corrected chi connectivity index (χ2v) is 9.14. The molecule has 34 heavy (non-hydrogen) atoms. The van der Waals surface area contributed by atoms with Gasteiger partial charge in [-0.15, -0.1) is 0 Å². The lowest BCUT2D eigenvalue weighted by Gasteiger charge is -2.36. The highest BCUT2D eigenvalue weighted by molar-refractivity contribution is 5.51. The Labute approximate surface area is 203 Å². The van der Waals surface area contributed by atoms with Crippen molar-refractivity contribution in [1.82, 2.24) is 0 Å². The van der Waals surface area contributed by atoms with Gasteiger partial charge in [-0.05, 0) is 66.6 Å². The molecule has 0 aromatic heterocycles. The van der Waals surface area contributed by atoms with E-state index in [1.807, 2.05) is 0 Å². The van der Waals surface area contributed by atoms with Crippen molar-refractivity contribution in [3.05, 3.63) is 132 Å². The van der Waals surface area contributed by atoms with Crippen molar-refractivity contribution in [3.8, 4) is 5.75 Å². The molecule has 1 aliphatic rings. The molecular formula is C32H33NO. The van der Waals surface area contributed by atoms with Gasteiger partial charge in [-0.1, -0.05) is 91.0 Å². The van der Waals surface area contributed by atoms with Crippen LogP contribution >= 0.6 is 0 Å². The molecule has 0 bridgehead atoms. The van der Waals surface area contributed by atoms with Gasteiger partial charge < -0.3 is 9.64 Å². The molecule has 2 nitrogen and oxygen atoms in total. The zero-order valence-electron chi connectivity index (χ0n) is 19.8. The maximum atomic E-state index is 6.35. The summed E-state index contributed by atoms with van der Waals surface area (Å²) >= 11 is 0. The van der Waals surface area contributed by atoms with Crippen LogP contribution in [0.4, 0.5) is 5.69 Å². The number of rotatable bonds is 8. The van der Waals surface area contributed by atoms with Crippen molar-refractivity contribution in [3.63, 3.8) is 0 Å². The first-order valence-corrected chi connectivity index (χ1v) is 12.5. The van der Waals surface area contributed by atoms with E-state index < -0.39 is 0 Å². The minimum Gasteiger partial charge on any atom is -0.494 e. The molecule has 4 aromatic rings. The van der Waals surface area contributed by atoms with Gasteiger partial charge in [0.05, 0.1) is 6.61 Å². The van der Waals surface area contributed by atoms with Crippen molar-refractivity contribution in [2.75, 3.05) is 24.6 Å². The van der Waals surface area contributed by atoms with E-state index in [0.29, 0.717) is 6.61 Å². The van der Waals surface area contributed by atoms with Gasteiger partial charge in [0.1, 0.15) is 5.75 Å². The average Bonchev–Trinajstić information content (AvgIpc) is 2.93. The van der Waals surface area contributed by atoms with Crippen molar-refractivity contribution in [2.24, 2.45) is 0 Å². The van der Waals surface area contributed by atoms with Crippen LogP contribution in [-0.4, -0.2) is 19.7 Å². The third-order valence-corrected chi connectivity index (χ3v) is 7.10. The second-order valence-electron chi connectivity index (χ2n) is 9.14. The second kappa shape index (κ2) is 10.6. The molecule has 1 fully saturated rings. The van der Waals surface area contributed by atoms with Gasteiger partial charge in [-0.25, -0.2) is 0 Å². The van der Waals surface area contributed by atoms with Crippen molar-refractivity contribution < 1.29 is 4.74 Å². The molecule has 0 N–H and O–H groups in total. The highest BCUT2D eigenvalue weighted by Gasteiger charge is 2.36. The molecule has 0 atom stereocenters. The Morgan fingerprint density at radius 1 is 0.559 bits per heavy atom. The van der Waals surface area contributed by atoms with E-state index in [1.54, 1.807) is 0 Å². The number of anilines is 1. The summed E-state index contributed by atoms with van der Waals surface area (Å²) in [5.41, 5.74) is 4.89. The van der Waals surface area contributed by atoms with Crippen LogP contribution in [-0.2, 0) is 5.41 Å². The van der Waals surface area contributed by atoms with Crippen LogP contribution in [0.3, 0.4) is 0 Å². The molecule has 0 spiro atoms. The van der Waals surface area contributed by atoms with Gasteiger partial charge in [0, 0.05) is 24.2 Å². The summed E-state index contributed by atoms with van der Waals surface area (Å²) < 4.78 is 6.35. The quantitative estimate of drug-likeness (QED) is 0.260. The normalized spacial score (nSPS) is 14.1. The molecular weight excluding hydrogens is 414 g/mol. The standard InChI is InChI=1S/C32H33NO/c1-5-13-27(14-6-1)32(28-15-7-2-8-16-28,29-17-9-3-10-18-29)23-26-34-31-21-19-30(20-22-31)33-24-11-4-12-25-33/h1-3,5-10,13-22H,4,11-12,23-26H2. The largest absolute Gasteiger partial charge is 0.494 e. The third-order valence-electron chi connectivity index (χ3n) is 7.10. The smallest absolute Gasteiger partial charge is 0.119 e. The molecule has 2 heteroatoms. The van der Waals surface area contributed by atoms with Crippen LogP contribution in [0.1, 0.15) is 42.4 Å². The molecule has 0 unspecified atom stereocenters. The van der Waals surface area contributed by atoms with Crippen molar-refractivity contribution >= 4 is 5.69 Å². The minimum absolute atomic E-state index is 0.280. The van der Waals surface area contributed by atoms with Gasteiger partial charge >= 0.3 is 0 Å². The Hall–Kier alpha value is -3.52. The predicted octanol–water partition coefficient (Wildman–Crippen LogP) is 7.48. The summed E-state index contributed by atoms with van der Waals surface area (Å²) in [6.07, 6.45) is 4.78. The lowest BCUT2D eigenvalue weighted by atomic mass is 9.67. The van der Waals surface area contributed by atoms with E-state index in [-0.39, 0.29) is 5.41 Å². The summed E-state index contributed by atoms with van der Waals surface area (Å²) in [6.45, 7) is 2.95. The summed E-state index contributed by atoms with van der Waals surface area (Å²) in [5, 5.41) is 0. The summed E-state index contributed by atoms with van der Waals surface area (Å²) in [7, 11) is 0. The van der Waals surface area contributed by atoms with Crippen molar-refractivity contribution in [2.45, 2.75) is 31.1 Å².